The minimum atomic E-state index is -1.44. The number of halogens is 5. The van der Waals surface area contributed by atoms with E-state index in [0.717, 1.165) is 83.5 Å². The Morgan fingerprint density at radius 3 is 1.11 bits per heavy atom. The normalized spacial score (nSPS) is 16.0. The van der Waals surface area contributed by atoms with Gasteiger partial charge in [-0.25, -0.2) is 26.3 Å². The fraction of sp³-hybridized carbons (Fsp3) is 0.455. The number of carbonyl (C=O) groups excluding carboxylic acids is 2. The van der Waals surface area contributed by atoms with Crippen molar-refractivity contribution >= 4 is 176 Å². The van der Waals surface area contributed by atoms with Crippen molar-refractivity contribution in [2.24, 2.45) is 9.54 Å². The van der Waals surface area contributed by atoms with E-state index in [-0.39, 0.29) is 110 Å². The second kappa shape index (κ2) is 70.5. The Hall–Kier alpha value is -3.59. The molecule has 5 aromatic heterocycles. The molecule has 9 N–H and O–H groups in total. The molecule has 15 rings (SSSR count). The standard InChI is InChI=1S/C19H24ClNO3S2.C18H20ClNO3S2.C17H20ClNO2S2.C14H13ClO3S.C14H11ClO3S.C4H11NOS.C4H8O.4C2H6O.CH3.Li.Mn.2O.Ti/c1-18(2,3)26(22)21-19(4,13-6-5-7-15(20)10-13)14-11-16(25-12-14)17-23-8-9-24-17;1-18(2,3)25(21)20-16(12-5-4-6-14(19)9-12)13-10-15(24-11-13)17-22-7-8-23-17;1-16(2,3)23(21)19-17(4,12-6-5-7-14(18)8-12)13-9-15(10-20)22-11-13;2*15-11-3-1-2-9(6-11)13(16)10-7-12(19-8-10)14-17-4-5-18-14;1-4(2,3)7(5)6;1-2-4-5-3-1;4*1-2-3;;;;;;/h5-7,10-12,17,21H,8-9H2,1-4H3;4-6,9-11,17H,7-8H2,1-3H3;5-11,19H,1-4H3;1-3,6-8,13-14,16H,4-5H2;1-3,6-8,14H,4-5H2;5H2,1-3H3;1-4H2;4*3H,2H2,1H3;1H3;;;;;/q;;;;;;;;;;;-1;+1;;;;. The number of aliphatic hydroxyl groups excluding tert-OH is 5. The third-order valence-electron chi connectivity index (χ3n) is 18.6. The number of hydrogen-bond donors (Lipinski definition) is 8. The number of carbonyl (C=O) groups is 2. The first-order valence-corrected chi connectivity index (χ1v) is 55.9. The zero-order chi connectivity index (χ0) is 104. The van der Waals surface area contributed by atoms with Gasteiger partial charge in [0.25, 0.3) is 0 Å². The number of benzene rings is 5. The molecule has 0 bridgehead atoms. The van der Waals surface area contributed by atoms with Crippen molar-refractivity contribution in [3.63, 3.8) is 0 Å². The van der Waals surface area contributed by atoms with Gasteiger partial charge in [0.15, 0.2) is 37.2 Å². The maximum Gasteiger partial charge on any atom is 0 e. The van der Waals surface area contributed by atoms with Gasteiger partial charge < -0.3 is 75.6 Å². The molecule has 0 aliphatic carbocycles. The second-order valence-corrected chi connectivity index (χ2v) is 48.8. The van der Waals surface area contributed by atoms with Crippen molar-refractivity contribution in [3.05, 3.63) is 291 Å². The number of ether oxygens (including phenoxy) is 9. The van der Waals surface area contributed by atoms with Crippen LogP contribution in [0.4, 0.5) is 0 Å². The molecule has 5 aliphatic heterocycles. The predicted molar refractivity (Wildman–Crippen MR) is 570 cm³/mol. The van der Waals surface area contributed by atoms with Gasteiger partial charge in [-0.2, -0.15) is 4.40 Å². The molecule has 26 nitrogen and oxygen atoms in total. The average molecular weight is 2310 g/mol. The minimum absolute atomic E-state index is 0. The average Bonchev–Trinajstić information content (AvgIpc) is 1.52. The van der Waals surface area contributed by atoms with Gasteiger partial charge in [0.2, 0.25) is 0 Å². The topological polar surface area (TPSA) is 383 Å². The Bertz CT molecular complexity index is 5450. The second-order valence-electron chi connectivity index (χ2n) is 34.0. The molecule has 5 aliphatic rings. The summed E-state index contributed by atoms with van der Waals surface area (Å²) in [6.45, 7) is 41.4. The van der Waals surface area contributed by atoms with Crippen LogP contribution in [-0.2, 0) is 142 Å². The Morgan fingerprint density at radius 2 is 0.761 bits per heavy atom. The first kappa shape index (κ1) is 136. The summed E-state index contributed by atoms with van der Waals surface area (Å²) in [6.07, 6.45) is 1.45. The molecule has 783 valence electrons. The Labute approximate surface area is 926 Å². The maximum absolute atomic E-state index is 12.9. The number of aldehydes is 1. The molecule has 142 heavy (non-hydrogen) atoms. The van der Waals surface area contributed by atoms with Gasteiger partial charge in [-0.1, -0.05) is 119 Å². The molecule has 7 unspecified atom stereocenters. The van der Waals surface area contributed by atoms with Crippen molar-refractivity contribution in [1.29, 1.82) is 0 Å². The van der Waals surface area contributed by atoms with E-state index in [4.69, 9.17) is 134 Å². The number of aliphatic hydroxyl groups is 5. The Morgan fingerprint density at radius 1 is 0.437 bits per heavy atom. The zero-order valence-electron chi connectivity index (χ0n) is 83.7. The van der Waals surface area contributed by atoms with E-state index >= 15 is 0 Å². The van der Waals surface area contributed by atoms with E-state index in [0.29, 0.717) is 99.7 Å². The van der Waals surface area contributed by atoms with Gasteiger partial charge in [0, 0.05) is 119 Å². The molecule has 43 heteroatoms. The molecule has 10 heterocycles. The summed E-state index contributed by atoms with van der Waals surface area (Å²) in [5.41, 5.74) is 7.63. The molecule has 5 saturated heterocycles. The summed E-state index contributed by atoms with van der Waals surface area (Å²) in [6, 6.07) is 46.4. The first-order chi connectivity index (χ1) is 65.7. The van der Waals surface area contributed by atoms with Gasteiger partial charge in [-0.15, -0.1) is 56.7 Å². The van der Waals surface area contributed by atoms with Crippen molar-refractivity contribution in [2.75, 3.05) is 92.5 Å². The maximum atomic E-state index is 12.9. The van der Waals surface area contributed by atoms with Crippen LogP contribution in [0.5, 0.6) is 0 Å². The van der Waals surface area contributed by atoms with Crippen LogP contribution in [0.2, 0.25) is 25.1 Å². The van der Waals surface area contributed by atoms with Gasteiger partial charge in [-0.3, -0.25) is 14.7 Å². The van der Waals surface area contributed by atoms with E-state index in [1.165, 1.54) is 46.9 Å². The third kappa shape index (κ3) is 47.9. The van der Waals surface area contributed by atoms with Crippen molar-refractivity contribution in [2.45, 2.75) is 199 Å². The van der Waals surface area contributed by atoms with Crippen LogP contribution in [0.3, 0.4) is 0 Å². The number of nitrogens with one attached hydrogen (secondary N) is 2. The van der Waals surface area contributed by atoms with Gasteiger partial charge in [-0.05, 0) is 278 Å². The van der Waals surface area contributed by atoms with Gasteiger partial charge >= 0.3 is 41.4 Å². The number of ketones is 1. The molecule has 0 spiro atoms. The summed E-state index contributed by atoms with van der Waals surface area (Å²) < 4.78 is 124. The number of nitrogens with two attached hydrogens (primary N) is 1. The van der Waals surface area contributed by atoms with Crippen molar-refractivity contribution in [1.82, 2.24) is 9.44 Å². The fourth-order valence-electron chi connectivity index (χ4n) is 11.5. The van der Waals surface area contributed by atoms with Crippen LogP contribution in [-0.4, -0.2) is 172 Å². The SMILES string of the molecule is C1CCOC1.CC(C)(C)S(=O)N=C(c1cccc(Cl)c1)c1csc(C2OCCO2)c1.CC(C)(C)S(N)=O.CC(NS(=O)C(C)(C)C)(c1cccc(Cl)c1)c1csc(C2OCCO2)c1.CC(NS(=O)C(C)(C)C)(c1cccc(Cl)c1)c1csc(C=O)c1.CCO.CCO.CCO.CCO.O=C(c1cccc(Cl)c1)c1csc(C2OCCO2)c1.OC(c1cccc(Cl)c1)c1csc(C2OCCO2)c1.[CH3-].[Li+].[O]=[Mn]=[O].[Ti]. The fourth-order valence-corrected chi connectivity index (χ4v) is 19.4. The smallest absolute Gasteiger partial charge is 0 e. The van der Waals surface area contributed by atoms with Crippen LogP contribution in [0.15, 0.2) is 183 Å². The third-order valence-corrected chi connectivity index (χ3v) is 30.5. The molecule has 0 saturated carbocycles. The quantitative estimate of drug-likeness (QED) is 0.0115. The molecule has 7 atom stereocenters. The van der Waals surface area contributed by atoms with Crippen LogP contribution >= 0.6 is 115 Å². The number of thiophene rings is 5. The van der Waals surface area contributed by atoms with Crippen LogP contribution < -0.4 is 33.4 Å². The van der Waals surface area contributed by atoms with Crippen molar-refractivity contribution in [3.8, 4) is 0 Å². The zero-order valence-corrected chi connectivity index (χ0v) is 97.6. The van der Waals surface area contributed by atoms with Crippen LogP contribution in [0.25, 0.3) is 0 Å². The first-order valence-electron chi connectivity index (χ1n) is 44.0. The molecule has 5 fully saturated rings. The monoisotopic (exact) mass is 2300 g/mol. The van der Waals surface area contributed by atoms with Gasteiger partial charge in [0.1, 0.15) is 17.1 Å². The molecule has 5 aromatic carbocycles. The summed E-state index contributed by atoms with van der Waals surface area (Å²) in [7, 11) is -5.11. The number of rotatable bonds is 20. The largest absolute Gasteiger partial charge is 0 e. The number of hydrogen-bond acceptors (Lipinski definition) is 27. The van der Waals surface area contributed by atoms with Crippen molar-refractivity contribution < 1.29 is 158 Å². The van der Waals surface area contributed by atoms with Gasteiger partial charge in [0.05, 0.1) is 146 Å². The predicted octanol–water partition coefficient (Wildman–Crippen LogP) is 19.7. The summed E-state index contributed by atoms with van der Waals surface area (Å²) >= 11 is 36.4. The Balaban J connectivity index is 0.000000829. The van der Waals surface area contributed by atoms with E-state index in [2.05, 4.69) is 25.3 Å². The molecular formula is C99H134Cl5LiMnN4O22S9Ti. The van der Waals surface area contributed by atoms with Crippen LogP contribution in [0, 0.1) is 7.43 Å². The molecule has 0 radical (unpaired) electrons. The molecule has 10 aromatic rings. The Kier molecular flexibility index (Phi) is 67.8. The van der Waals surface area contributed by atoms with E-state index in [9.17, 15) is 31.5 Å². The van der Waals surface area contributed by atoms with Crippen LogP contribution in [0.1, 0.15) is 258 Å². The number of nitrogens with zero attached hydrogens (tertiary/aromatic N) is 1. The van der Waals surface area contributed by atoms with E-state index < -0.39 is 90.2 Å². The summed E-state index contributed by atoms with van der Waals surface area (Å²) in [5.74, 6) is -0.0389. The minimum Gasteiger partial charge on any atom is 0 e. The molecule has 0 amide bonds. The van der Waals surface area contributed by atoms with E-state index in [1.807, 2.05) is 222 Å². The molecular weight excluding hydrogens is 2170 g/mol. The summed E-state index contributed by atoms with van der Waals surface area (Å²) in [4.78, 5) is 27.8. The summed E-state index contributed by atoms with van der Waals surface area (Å²) in [5, 5.41) is 58.4. The van der Waals surface area contributed by atoms with E-state index in [1.54, 1.807) is 92.8 Å².